The molecule has 1 amide bonds. The zero-order chi connectivity index (χ0) is 13.7. The van der Waals surface area contributed by atoms with E-state index in [1.807, 2.05) is 6.92 Å². The monoisotopic (exact) mass is 272 g/mol. The average molecular weight is 272 g/mol. The number of thiocarbonyl (C=S) groups is 1. The minimum Gasteiger partial charge on any atom is -0.392 e. The molecular weight excluding hydrogens is 248 g/mol. The number of amides is 1. The largest absolute Gasteiger partial charge is 0.392 e. The Hall–Kier alpha value is -0.720. The highest BCUT2D eigenvalue weighted by atomic mass is 32.1. The smallest absolute Gasteiger partial charge is 0.223 e. The molecule has 0 saturated carbocycles. The molecule has 0 aromatic carbocycles. The van der Waals surface area contributed by atoms with Crippen LogP contribution in [0.2, 0.25) is 0 Å². The van der Waals surface area contributed by atoms with E-state index in [1.54, 1.807) is 19.0 Å². The fraction of sp³-hybridized carbons (Fsp3) is 0.833. The van der Waals surface area contributed by atoms with E-state index in [4.69, 9.17) is 18.0 Å². The molecule has 0 radical (unpaired) electrons. The summed E-state index contributed by atoms with van der Waals surface area (Å²) in [6.07, 6.45) is 0.595. The van der Waals surface area contributed by atoms with Crippen LogP contribution >= 0.6 is 12.2 Å². The minimum absolute atomic E-state index is 0.172. The number of carbonyl (C=O) groups is 1. The Bertz CT molecular complexity index is 300. The molecule has 18 heavy (non-hydrogen) atoms. The van der Waals surface area contributed by atoms with Crippen molar-refractivity contribution < 1.29 is 4.79 Å². The van der Waals surface area contributed by atoms with E-state index in [2.05, 4.69) is 9.80 Å². The van der Waals surface area contributed by atoms with Gasteiger partial charge in [-0.25, -0.2) is 0 Å². The molecule has 1 atom stereocenters. The number of hydrogen-bond donors (Lipinski definition) is 1. The first-order valence-corrected chi connectivity index (χ1v) is 6.78. The molecule has 5 nitrogen and oxygen atoms in total. The highest BCUT2D eigenvalue weighted by Crippen LogP contribution is 2.07. The summed E-state index contributed by atoms with van der Waals surface area (Å²) in [5, 5.41) is 0. The van der Waals surface area contributed by atoms with Gasteiger partial charge in [0.1, 0.15) is 0 Å². The molecule has 0 aromatic heterocycles. The first-order valence-electron chi connectivity index (χ1n) is 6.37. The number of rotatable bonds is 5. The molecule has 1 saturated heterocycles. The number of nitrogens with zero attached hydrogens (tertiary/aromatic N) is 3. The molecule has 0 bridgehead atoms. The van der Waals surface area contributed by atoms with Gasteiger partial charge in [-0.05, 0) is 6.92 Å². The SMILES string of the molecule is CC(C(N)=S)N1CCN(CCC(=O)N(C)C)CC1. The third-order valence-corrected chi connectivity index (χ3v) is 3.85. The lowest BCUT2D eigenvalue weighted by Gasteiger charge is -2.37. The van der Waals surface area contributed by atoms with Crippen molar-refractivity contribution in [3.05, 3.63) is 0 Å². The Labute approximate surface area is 115 Å². The van der Waals surface area contributed by atoms with Crippen molar-refractivity contribution in [2.75, 3.05) is 46.8 Å². The second kappa shape index (κ2) is 7.01. The normalized spacial score (nSPS) is 19.5. The summed E-state index contributed by atoms with van der Waals surface area (Å²) in [7, 11) is 3.59. The highest BCUT2D eigenvalue weighted by molar-refractivity contribution is 7.80. The second-order valence-corrected chi connectivity index (χ2v) is 5.47. The molecule has 0 spiro atoms. The van der Waals surface area contributed by atoms with Crippen LogP contribution in [0.5, 0.6) is 0 Å². The predicted octanol–water partition coefficient (Wildman–Crippen LogP) is -0.243. The van der Waals surface area contributed by atoms with Gasteiger partial charge in [0.05, 0.1) is 11.0 Å². The standard InChI is InChI=1S/C12H24N4OS/c1-10(12(13)18)16-8-6-15(7-9-16)5-4-11(17)14(2)3/h10H,4-9H2,1-3H3,(H2,13,18). The van der Waals surface area contributed by atoms with Gasteiger partial charge in [0.2, 0.25) is 5.91 Å². The van der Waals surface area contributed by atoms with E-state index in [-0.39, 0.29) is 11.9 Å². The average Bonchev–Trinajstić information content (AvgIpc) is 2.35. The first kappa shape index (κ1) is 15.3. The Morgan fingerprint density at radius 3 is 2.33 bits per heavy atom. The maximum atomic E-state index is 11.5. The zero-order valence-corrected chi connectivity index (χ0v) is 12.4. The van der Waals surface area contributed by atoms with Crippen molar-refractivity contribution in [1.82, 2.24) is 14.7 Å². The predicted molar refractivity (Wildman–Crippen MR) is 77.6 cm³/mol. The maximum absolute atomic E-state index is 11.5. The van der Waals surface area contributed by atoms with Crippen LogP contribution in [0.4, 0.5) is 0 Å². The Balaban J connectivity index is 2.27. The third-order valence-electron chi connectivity index (χ3n) is 3.51. The fourth-order valence-electron chi connectivity index (χ4n) is 2.03. The van der Waals surface area contributed by atoms with E-state index >= 15 is 0 Å². The van der Waals surface area contributed by atoms with E-state index in [0.29, 0.717) is 11.4 Å². The Morgan fingerprint density at radius 1 is 1.33 bits per heavy atom. The summed E-state index contributed by atoms with van der Waals surface area (Å²) in [5.74, 6) is 0.189. The number of carbonyl (C=O) groups excluding carboxylic acids is 1. The molecule has 104 valence electrons. The van der Waals surface area contributed by atoms with Gasteiger partial charge in [0, 0.05) is 53.2 Å². The van der Waals surface area contributed by atoms with Crippen LogP contribution in [-0.4, -0.2) is 78.5 Å². The summed E-state index contributed by atoms with van der Waals surface area (Å²) in [5.41, 5.74) is 5.66. The van der Waals surface area contributed by atoms with Crippen molar-refractivity contribution in [3.63, 3.8) is 0 Å². The third kappa shape index (κ3) is 4.51. The lowest BCUT2D eigenvalue weighted by molar-refractivity contribution is -0.129. The molecule has 6 heteroatoms. The van der Waals surface area contributed by atoms with Crippen LogP contribution in [0, 0.1) is 0 Å². The van der Waals surface area contributed by atoms with E-state index in [1.165, 1.54) is 0 Å². The van der Waals surface area contributed by atoms with Gasteiger partial charge < -0.3 is 15.5 Å². The van der Waals surface area contributed by atoms with Gasteiger partial charge in [0.25, 0.3) is 0 Å². The van der Waals surface area contributed by atoms with Crippen LogP contribution in [0.1, 0.15) is 13.3 Å². The van der Waals surface area contributed by atoms with E-state index in [0.717, 1.165) is 32.7 Å². The van der Waals surface area contributed by atoms with Crippen LogP contribution in [-0.2, 0) is 4.79 Å². The lowest BCUT2D eigenvalue weighted by Crippen LogP contribution is -2.53. The van der Waals surface area contributed by atoms with Crippen LogP contribution < -0.4 is 5.73 Å². The molecule has 0 aliphatic carbocycles. The van der Waals surface area contributed by atoms with Crippen LogP contribution in [0.3, 0.4) is 0 Å². The topological polar surface area (TPSA) is 52.8 Å². The van der Waals surface area contributed by atoms with Crippen molar-refractivity contribution in [2.45, 2.75) is 19.4 Å². The zero-order valence-electron chi connectivity index (χ0n) is 11.6. The van der Waals surface area contributed by atoms with Crippen molar-refractivity contribution in [2.24, 2.45) is 5.73 Å². The summed E-state index contributed by atoms with van der Waals surface area (Å²) in [4.78, 5) is 18.3. The van der Waals surface area contributed by atoms with Crippen molar-refractivity contribution >= 4 is 23.1 Å². The van der Waals surface area contributed by atoms with Crippen molar-refractivity contribution in [3.8, 4) is 0 Å². The van der Waals surface area contributed by atoms with Gasteiger partial charge in [-0.15, -0.1) is 0 Å². The van der Waals surface area contributed by atoms with Gasteiger partial charge in [0.15, 0.2) is 0 Å². The molecule has 1 heterocycles. The summed E-state index contributed by atoms with van der Waals surface area (Å²) >= 11 is 5.01. The molecule has 1 fully saturated rings. The first-order chi connectivity index (χ1) is 8.41. The number of piperazine rings is 1. The molecule has 1 aliphatic heterocycles. The molecular formula is C12H24N4OS. The summed E-state index contributed by atoms with van der Waals surface area (Å²) < 4.78 is 0. The Kier molecular flexibility index (Phi) is 5.98. The van der Waals surface area contributed by atoms with Gasteiger partial charge in [-0.3, -0.25) is 9.69 Å². The van der Waals surface area contributed by atoms with Gasteiger partial charge >= 0.3 is 0 Å². The van der Waals surface area contributed by atoms with E-state index < -0.39 is 0 Å². The number of nitrogens with two attached hydrogens (primary N) is 1. The van der Waals surface area contributed by atoms with Gasteiger partial charge in [-0.1, -0.05) is 12.2 Å². The van der Waals surface area contributed by atoms with Gasteiger partial charge in [-0.2, -0.15) is 0 Å². The quantitative estimate of drug-likeness (QED) is 0.700. The summed E-state index contributed by atoms with van der Waals surface area (Å²) in [6.45, 7) is 6.78. The molecule has 0 aromatic rings. The molecule has 1 rings (SSSR count). The molecule has 1 unspecified atom stereocenters. The van der Waals surface area contributed by atoms with Crippen molar-refractivity contribution in [1.29, 1.82) is 0 Å². The van der Waals surface area contributed by atoms with E-state index in [9.17, 15) is 4.79 Å². The molecule has 1 aliphatic rings. The molecule has 2 N–H and O–H groups in total. The fourth-order valence-corrected chi connectivity index (χ4v) is 2.18. The lowest BCUT2D eigenvalue weighted by atomic mass is 10.2. The minimum atomic E-state index is 0.172. The highest BCUT2D eigenvalue weighted by Gasteiger charge is 2.22. The summed E-state index contributed by atoms with van der Waals surface area (Å²) in [6, 6.07) is 0.172. The van der Waals surface area contributed by atoms with Crippen LogP contribution in [0.25, 0.3) is 0 Å². The maximum Gasteiger partial charge on any atom is 0.223 e. The number of hydrogen-bond acceptors (Lipinski definition) is 4. The van der Waals surface area contributed by atoms with Crippen LogP contribution in [0.15, 0.2) is 0 Å². The second-order valence-electron chi connectivity index (χ2n) is 4.99. The Morgan fingerprint density at radius 2 is 1.89 bits per heavy atom.